The molecular weight excluding hydrogens is 268 g/mol. The summed E-state index contributed by atoms with van der Waals surface area (Å²) in [6.07, 6.45) is 1.41. The number of methoxy groups -OCH3 is 1. The number of carbonyl (C=O) groups excluding carboxylic acids is 2. The molecule has 0 spiro atoms. The van der Waals surface area contributed by atoms with E-state index < -0.39 is 6.04 Å². The Hall–Kier alpha value is -1.75. The maximum absolute atomic E-state index is 12.4. The van der Waals surface area contributed by atoms with Crippen molar-refractivity contribution in [1.82, 2.24) is 4.90 Å². The van der Waals surface area contributed by atoms with Gasteiger partial charge in [-0.1, -0.05) is 11.6 Å². The van der Waals surface area contributed by atoms with Gasteiger partial charge in [0.05, 0.1) is 17.8 Å². The number of hydrogen-bond donors (Lipinski definition) is 1. The van der Waals surface area contributed by atoms with E-state index in [9.17, 15) is 9.59 Å². The van der Waals surface area contributed by atoms with Crippen molar-refractivity contribution in [3.63, 3.8) is 0 Å². The summed E-state index contributed by atoms with van der Waals surface area (Å²) >= 11 is 5.82. The van der Waals surface area contributed by atoms with Gasteiger partial charge in [0.2, 0.25) is 0 Å². The number of anilines is 1. The molecule has 0 aromatic heterocycles. The van der Waals surface area contributed by atoms with Crippen molar-refractivity contribution in [3.05, 3.63) is 28.8 Å². The number of halogens is 1. The van der Waals surface area contributed by atoms with E-state index in [1.54, 1.807) is 12.1 Å². The summed E-state index contributed by atoms with van der Waals surface area (Å²) < 4.78 is 4.71. The molecule has 1 unspecified atom stereocenters. The van der Waals surface area contributed by atoms with Crippen LogP contribution in [0.5, 0.6) is 0 Å². The number of nitrogens with two attached hydrogens (primary N) is 1. The smallest absolute Gasteiger partial charge is 0.328 e. The molecule has 1 heterocycles. The van der Waals surface area contributed by atoms with E-state index in [4.69, 9.17) is 22.1 Å². The molecule has 102 valence electrons. The van der Waals surface area contributed by atoms with Gasteiger partial charge in [-0.25, -0.2) is 4.79 Å². The Kier molecular flexibility index (Phi) is 3.95. The van der Waals surface area contributed by atoms with E-state index in [1.807, 2.05) is 0 Å². The molecule has 1 atom stereocenters. The van der Waals surface area contributed by atoms with Gasteiger partial charge in [-0.15, -0.1) is 0 Å². The summed E-state index contributed by atoms with van der Waals surface area (Å²) in [4.78, 5) is 25.5. The zero-order chi connectivity index (χ0) is 14.0. The highest BCUT2D eigenvalue weighted by atomic mass is 35.5. The van der Waals surface area contributed by atoms with Crippen LogP contribution in [-0.4, -0.2) is 36.5 Å². The first-order valence-electron chi connectivity index (χ1n) is 5.98. The van der Waals surface area contributed by atoms with Crippen LogP contribution in [0.25, 0.3) is 0 Å². The number of amides is 1. The lowest BCUT2D eigenvalue weighted by molar-refractivity contribution is -0.145. The molecule has 1 aromatic rings. The Balaban J connectivity index is 2.23. The molecule has 2 rings (SSSR count). The molecule has 1 aliphatic rings. The summed E-state index contributed by atoms with van der Waals surface area (Å²) in [5.41, 5.74) is 6.46. The molecule has 19 heavy (non-hydrogen) atoms. The largest absolute Gasteiger partial charge is 0.467 e. The summed E-state index contributed by atoms with van der Waals surface area (Å²) in [6.45, 7) is 0.543. The van der Waals surface area contributed by atoms with Gasteiger partial charge in [0.15, 0.2) is 0 Å². The van der Waals surface area contributed by atoms with E-state index in [1.165, 1.54) is 18.1 Å². The fraction of sp³-hybridized carbons (Fsp3) is 0.385. The summed E-state index contributed by atoms with van der Waals surface area (Å²) in [5, 5.41) is 0.405. The molecule has 1 fully saturated rings. The Labute approximate surface area is 116 Å². The third-order valence-electron chi connectivity index (χ3n) is 3.23. The van der Waals surface area contributed by atoms with Crippen LogP contribution in [-0.2, 0) is 9.53 Å². The Morgan fingerprint density at radius 3 is 2.84 bits per heavy atom. The van der Waals surface area contributed by atoms with Crippen molar-refractivity contribution in [1.29, 1.82) is 0 Å². The summed E-state index contributed by atoms with van der Waals surface area (Å²) in [5.74, 6) is -0.607. The molecule has 1 aliphatic heterocycles. The lowest BCUT2D eigenvalue weighted by Gasteiger charge is -2.22. The highest BCUT2D eigenvalue weighted by molar-refractivity contribution is 6.33. The molecule has 1 saturated heterocycles. The Morgan fingerprint density at radius 1 is 1.47 bits per heavy atom. The molecule has 0 saturated carbocycles. The van der Waals surface area contributed by atoms with Crippen molar-refractivity contribution in [2.75, 3.05) is 19.4 Å². The van der Waals surface area contributed by atoms with E-state index in [0.29, 0.717) is 29.2 Å². The standard InChI is InChI=1S/C13H15ClN2O3/c1-19-13(18)11-3-2-6-16(11)12(17)8-4-5-9(14)10(15)7-8/h4-5,7,11H,2-3,6,15H2,1H3. The van der Waals surface area contributed by atoms with Gasteiger partial charge < -0.3 is 15.4 Å². The van der Waals surface area contributed by atoms with Gasteiger partial charge in [-0.05, 0) is 31.0 Å². The number of nitrogen functional groups attached to an aromatic ring is 1. The van der Waals surface area contributed by atoms with Crippen LogP contribution in [0.2, 0.25) is 5.02 Å². The topological polar surface area (TPSA) is 72.6 Å². The molecule has 6 heteroatoms. The number of ether oxygens (including phenoxy) is 1. The van der Waals surface area contributed by atoms with E-state index in [0.717, 1.165) is 6.42 Å². The summed E-state index contributed by atoms with van der Waals surface area (Å²) in [7, 11) is 1.32. The minimum atomic E-state index is -0.505. The minimum Gasteiger partial charge on any atom is -0.467 e. The van der Waals surface area contributed by atoms with Gasteiger partial charge >= 0.3 is 5.97 Å². The lowest BCUT2D eigenvalue weighted by Crippen LogP contribution is -2.41. The second-order valence-electron chi connectivity index (χ2n) is 4.42. The van der Waals surface area contributed by atoms with Gasteiger partial charge in [-0.3, -0.25) is 4.79 Å². The summed E-state index contributed by atoms with van der Waals surface area (Å²) in [6, 6.07) is 4.20. The van der Waals surface area contributed by atoms with Crippen LogP contribution in [0.4, 0.5) is 5.69 Å². The first-order chi connectivity index (χ1) is 9.04. The fourth-order valence-electron chi connectivity index (χ4n) is 2.23. The maximum Gasteiger partial charge on any atom is 0.328 e. The predicted octanol–water partition coefficient (Wildman–Crippen LogP) is 1.70. The van der Waals surface area contributed by atoms with Crippen LogP contribution < -0.4 is 5.73 Å². The number of benzene rings is 1. The molecule has 5 nitrogen and oxygen atoms in total. The third kappa shape index (κ3) is 2.66. The number of hydrogen-bond acceptors (Lipinski definition) is 4. The third-order valence-corrected chi connectivity index (χ3v) is 3.57. The first-order valence-corrected chi connectivity index (χ1v) is 6.36. The van der Waals surface area contributed by atoms with Gasteiger partial charge in [0.25, 0.3) is 5.91 Å². The molecule has 0 aliphatic carbocycles. The van der Waals surface area contributed by atoms with Crippen LogP contribution >= 0.6 is 11.6 Å². The number of rotatable bonds is 2. The monoisotopic (exact) mass is 282 g/mol. The second kappa shape index (κ2) is 5.48. The van der Waals surface area contributed by atoms with E-state index in [-0.39, 0.29) is 11.9 Å². The predicted molar refractivity (Wildman–Crippen MR) is 71.9 cm³/mol. The average molecular weight is 283 g/mol. The molecule has 0 radical (unpaired) electrons. The highest BCUT2D eigenvalue weighted by Crippen LogP contribution is 2.24. The lowest BCUT2D eigenvalue weighted by atomic mass is 10.1. The molecule has 1 amide bonds. The molecular formula is C13H15ClN2O3. The SMILES string of the molecule is COC(=O)C1CCCN1C(=O)c1ccc(Cl)c(N)c1. The van der Waals surface area contributed by atoms with Crippen LogP contribution in [0.1, 0.15) is 23.2 Å². The van der Waals surface area contributed by atoms with Crippen molar-refractivity contribution in [2.45, 2.75) is 18.9 Å². The van der Waals surface area contributed by atoms with Crippen molar-refractivity contribution >= 4 is 29.2 Å². The Bertz CT molecular complexity index is 519. The number of nitrogens with zero attached hydrogens (tertiary/aromatic N) is 1. The molecule has 1 aromatic carbocycles. The fourth-order valence-corrected chi connectivity index (χ4v) is 2.35. The number of likely N-dealkylation sites (tertiary alicyclic amines) is 1. The number of esters is 1. The van der Waals surface area contributed by atoms with E-state index in [2.05, 4.69) is 0 Å². The zero-order valence-corrected chi connectivity index (χ0v) is 11.3. The molecule has 2 N–H and O–H groups in total. The Morgan fingerprint density at radius 2 is 2.21 bits per heavy atom. The van der Waals surface area contributed by atoms with Crippen LogP contribution in [0.15, 0.2) is 18.2 Å². The second-order valence-corrected chi connectivity index (χ2v) is 4.82. The zero-order valence-electron chi connectivity index (χ0n) is 10.6. The quantitative estimate of drug-likeness (QED) is 0.662. The van der Waals surface area contributed by atoms with Gasteiger partial charge in [0.1, 0.15) is 6.04 Å². The first kappa shape index (κ1) is 13.7. The molecule has 0 bridgehead atoms. The van der Waals surface area contributed by atoms with E-state index >= 15 is 0 Å². The van der Waals surface area contributed by atoms with Gasteiger partial charge in [0, 0.05) is 12.1 Å². The van der Waals surface area contributed by atoms with Crippen LogP contribution in [0.3, 0.4) is 0 Å². The normalized spacial score (nSPS) is 18.4. The van der Waals surface area contributed by atoms with Crippen molar-refractivity contribution < 1.29 is 14.3 Å². The van der Waals surface area contributed by atoms with Gasteiger partial charge in [-0.2, -0.15) is 0 Å². The average Bonchev–Trinajstić information content (AvgIpc) is 2.89. The minimum absolute atomic E-state index is 0.226. The highest BCUT2D eigenvalue weighted by Gasteiger charge is 2.35. The van der Waals surface area contributed by atoms with Crippen molar-refractivity contribution in [2.24, 2.45) is 0 Å². The number of carbonyl (C=O) groups is 2. The van der Waals surface area contributed by atoms with Crippen LogP contribution in [0, 0.1) is 0 Å². The van der Waals surface area contributed by atoms with Crippen molar-refractivity contribution in [3.8, 4) is 0 Å². The maximum atomic E-state index is 12.4.